The Balaban J connectivity index is 2.89. The van der Waals surface area contributed by atoms with Gasteiger partial charge in [0, 0.05) is 18.8 Å². The second kappa shape index (κ2) is 5.13. The van der Waals surface area contributed by atoms with Gasteiger partial charge in [0.2, 0.25) is 0 Å². The summed E-state index contributed by atoms with van der Waals surface area (Å²) in [6, 6.07) is 6.94. The van der Waals surface area contributed by atoms with Gasteiger partial charge in [-0.15, -0.1) is 0 Å². The number of carbonyl (C=O) groups excluding carboxylic acids is 1. The van der Waals surface area contributed by atoms with Crippen molar-refractivity contribution < 1.29 is 4.79 Å². The van der Waals surface area contributed by atoms with Crippen molar-refractivity contribution in [2.24, 2.45) is 0 Å². The van der Waals surface area contributed by atoms with E-state index in [1.165, 1.54) is 0 Å². The van der Waals surface area contributed by atoms with Gasteiger partial charge in [-0.1, -0.05) is 17.7 Å². The van der Waals surface area contributed by atoms with Crippen molar-refractivity contribution in [3.05, 3.63) is 47.3 Å². The van der Waals surface area contributed by atoms with Gasteiger partial charge in [-0.25, -0.2) is 4.85 Å². The molecule has 0 bridgehead atoms. The number of allylic oxidation sites excluding steroid dienone is 1. The van der Waals surface area contributed by atoms with E-state index in [1.54, 1.807) is 42.3 Å². The van der Waals surface area contributed by atoms with Crippen LogP contribution < -0.4 is 4.90 Å². The predicted molar refractivity (Wildman–Crippen MR) is 65.5 cm³/mol. The van der Waals surface area contributed by atoms with Gasteiger partial charge in [0.15, 0.2) is 5.69 Å². The summed E-state index contributed by atoms with van der Waals surface area (Å²) in [5.74, 6) is -0.0597. The largest absolute Gasteiger partial charge is 0.312 e. The molecular weight excluding hydrogens is 200 g/mol. The maximum absolute atomic E-state index is 11.7. The highest BCUT2D eigenvalue weighted by molar-refractivity contribution is 6.01. The first-order valence-electron chi connectivity index (χ1n) is 4.94. The number of hydrogen-bond donors (Lipinski definition) is 0. The smallest absolute Gasteiger partial charge is 0.250 e. The molecule has 1 amide bonds. The van der Waals surface area contributed by atoms with Gasteiger partial charge in [0.25, 0.3) is 5.91 Å². The molecule has 1 aromatic rings. The monoisotopic (exact) mass is 214 g/mol. The van der Waals surface area contributed by atoms with Gasteiger partial charge in [-0.3, -0.25) is 4.79 Å². The first kappa shape index (κ1) is 12.0. The van der Waals surface area contributed by atoms with Crippen LogP contribution in [0.25, 0.3) is 4.85 Å². The first-order valence-corrected chi connectivity index (χ1v) is 4.94. The lowest BCUT2D eigenvalue weighted by atomic mass is 10.2. The van der Waals surface area contributed by atoms with Crippen LogP contribution in [0.5, 0.6) is 0 Å². The number of amides is 1. The average molecular weight is 214 g/mol. The molecule has 0 heterocycles. The fraction of sp³-hybridized carbons (Fsp3) is 0.231. The molecule has 0 radical (unpaired) electrons. The van der Waals surface area contributed by atoms with Crippen molar-refractivity contribution >= 4 is 17.3 Å². The van der Waals surface area contributed by atoms with E-state index < -0.39 is 0 Å². The van der Waals surface area contributed by atoms with Gasteiger partial charge in [-0.2, -0.15) is 0 Å². The standard InChI is InChI=1S/C13H14N2O/c1-10(2)9-13(16)15(4)12-7-5-11(14-3)6-8-12/h5-9H,1-2,4H3. The zero-order valence-corrected chi connectivity index (χ0v) is 9.69. The number of carbonyl (C=O) groups is 1. The number of likely N-dealkylation sites (N-methyl/N-ethyl adjacent to an activating group) is 1. The molecule has 0 atom stereocenters. The summed E-state index contributed by atoms with van der Waals surface area (Å²) < 4.78 is 0. The Morgan fingerprint density at radius 1 is 1.31 bits per heavy atom. The van der Waals surface area contributed by atoms with E-state index in [-0.39, 0.29) is 5.91 Å². The molecule has 16 heavy (non-hydrogen) atoms. The lowest BCUT2D eigenvalue weighted by molar-refractivity contribution is -0.113. The Morgan fingerprint density at radius 2 is 1.88 bits per heavy atom. The molecule has 3 heteroatoms. The third kappa shape index (κ3) is 2.96. The molecule has 0 spiro atoms. The lowest BCUT2D eigenvalue weighted by Gasteiger charge is -2.15. The van der Waals surface area contributed by atoms with Crippen LogP contribution in [0.4, 0.5) is 11.4 Å². The molecule has 0 saturated carbocycles. The third-order valence-corrected chi connectivity index (χ3v) is 2.11. The summed E-state index contributed by atoms with van der Waals surface area (Å²) in [6.45, 7) is 10.6. The number of rotatable bonds is 2. The maximum Gasteiger partial charge on any atom is 0.250 e. The van der Waals surface area contributed by atoms with Crippen molar-refractivity contribution in [1.82, 2.24) is 0 Å². The maximum atomic E-state index is 11.7. The Labute approximate surface area is 95.8 Å². The molecule has 3 nitrogen and oxygen atoms in total. The van der Waals surface area contributed by atoms with Crippen LogP contribution in [0.2, 0.25) is 0 Å². The van der Waals surface area contributed by atoms with E-state index in [9.17, 15) is 4.79 Å². The lowest BCUT2D eigenvalue weighted by Crippen LogP contribution is -2.24. The van der Waals surface area contributed by atoms with Crippen LogP contribution in [0, 0.1) is 6.57 Å². The minimum absolute atomic E-state index is 0.0597. The van der Waals surface area contributed by atoms with Crippen molar-refractivity contribution in [1.29, 1.82) is 0 Å². The fourth-order valence-electron chi connectivity index (χ4n) is 1.22. The molecule has 1 rings (SSSR count). The molecule has 0 aromatic heterocycles. The molecule has 0 aliphatic heterocycles. The minimum atomic E-state index is -0.0597. The number of nitrogens with zero attached hydrogens (tertiary/aromatic N) is 2. The summed E-state index contributed by atoms with van der Waals surface area (Å²) in [6.07, 6.45) is 1.59. The van der Waals surface area contributed by atoms with Crippen LogP contribution in [-0.2, 0) is 4.79 Å². The van der Waals surface area contributed by atoms with Gasteiger partial charge in [-0.05, 0) is 26.0 Å². The minimum Gasteiger partial charge on any atom is -0.312 e. The molecule has 0 fully saturated rings. The van der Waals surface area contributed by atoms with Crippen LogP contribution in [0.15, 0.2) is 35.9 Å². The van der Waals surface area contributed by atoms with E-state index in [0.29, 0.717) is 5.69 Å². The zero-order valence-electron chi connectivity index (χ0n) is 9.69. The molecule has 1 aromatic carbocycles. The van der Waals surface area contributed by atoms with Crippen molar-refractivity contribution in [2.75, 3.05) is 11.9 Å². The summed E-state index contributed by atoms with van der Waals surface area (Å²) in [5, 5.41) is 0. The van der Waals surface area contributed by atoms with E-state index >= 15 is 0 Å². The summed E-state index contributed by atoms with van der Waals surface area (Å²) >= 11 is 0. The van der Waals surface area contributed by atoms with Crippen molar-refractivity contribution in [2.45, 2.75) is 13.8 Å². The Morgan fingerprint density at radius 3 is 2.31 bits per heavy atom. The molecule has 0 aliphatic rings. The van der Waals surface area contributed by atoms with E-state index in [4.69, 9.17) is 6.57 Å². The van der Waals surface area contributed by atoms with Gasteiger partial charge in [0.1, 0.15) is 0 Å². The second-order valence-corrected chi connectivity index (χ2v) is 3.75. The molecule has 0 unspecified atom stereocenters. The molecule has 0 saturated heterocycles. The third-order valence-electron chi connectivity index (χ3n) is 2.11. The van der Waals surface area contributed by atoms with Gasteiger partial charge >= 0.3 is 0 Å². The highest BCUT2D eigenvalue weighted by Gasteiger charge is 2.07. The van der Waals surface area contributed by atoms with Crippen molar-refractivity contribution in [3.8, 4) is 0 Å². The molecule has 0 N–H and O–H groups in total. The molecular formula is C13H14N2O. The molecule has 0 aliphatic carbocycles. The number of benzene rings is 1. The zero-order chi connectivity index (χ0) is 12.1. The van der Waals surface area contributed by atoms with Crippen LogP contribution in [0.3, 0.4) is 0 Å². The average Bonchev–Trinajstić information content (AvgIpc) is 2.27. The van der Waals surface area contributed by atoms with E-state index in [1.807, 2.05) is 13.8 Å². The Bertz CT molecular complexity index is 448. The van der Waals surface area contributed by atoms with Crippen LogP contribution >= 0.6 is 0 Å². The topological polar surface area (TPSA) is 24.7 Å². The van der Waals surface area contributed by atoms with E-state index in [0.717, 1.165) is 11.3 Å². The summed E-state index contributed by atoms with van der Waals surface area (Å²) in [7, 11) is 1.72. The normalized spacial score (nSPS) is 9.12. The van der Waals surface area contributed by atoms with Gasteiger partial charge in [0.05, 0.1) is 6.57 Å². The van der Waals surface area contributed by atoms with Crippen LogP contribution in [-0.4, -0.2) is 13.0 Å². The Hall–Kier alpha value is -2.08. The highest BCUT2D eigenvalue weighted by atomic mass is 16.2. The second-order valence-electron chi connectivity index (χ2n) is 3.75. The van der Waals surface area contributed by atoms with Gasteiger partial charge < -0.3 is 4.90 Å². The fourth-order valence-corrected chi connectivity index (χ4v) is 1.22. The first-order chi connectivity index (χ1) is 7.54. The predicted octanol–water partition coefficient (Wildman–Crippen LogP) is 3.17. The van der Waals surface area contributed by atoms with E-state index in [2.05, 4.69) is 4.85 Å². The summed E-state index contributed by atoms with van der Waals surface area (Å²) in [4.78, 5) is 16.6. The SMILES string of the molecule is [C-]#[N+]c1ccc(N(C)C(=O)C=C(C)C)cc1. The number of anilines is 1. The summed E-state index contributed by atoms with van der Waals surface area (Å²) in [5.41, 5.74) is 2.33. The van der Waals surface area contributed by atoms with Crippen LogP contribution in [0.1, 0.15) is 13.8 Å². The highest BCUT2D eigenvalue weighted by Crippen LogP contribution is 2.19. The molecule has 82 valence electrons. The Kier molecular flexibility index (Phi) is 3.84. The van der Waals surface area contributed by atoms with Crippen molar-refractivity contribution in [3.63, 3.8) is 0 Å². The number of hydrogen-bond acceptors (Lipinski definition) is 1. The quantitative estimate of drug-likeness (QED) is 0.548.